The molecule has 2 heteroatoms. The van der Waals surface area contributed by atoms with E-state index in [1.165, 1.54) is 18.4 Å². The zero-order valence-electron chi connectivity index (χ0n) is 14.9. The molecule has 1 aromatic rings. The highest BCUT2D eigenvalue weighted by atomic mass is 16.4. The van der Waals surface area contributed by atoms with Crippen LogP contribution in [0.5, 0.6) is 0 Å². The largest absolute Gasteiger partial charge is 0.481 e. The quantitative estimate of drug-likeness (QED) is 0.708. The second kappa shape index (κ2) is 13.7. The Bertz CT molecular complexity index is 354. The van der Waals surface area contributed by atoms with Gasteiger partial charge in [0.1, 0.15) is 0 Å². The van der Waals surface area contributed by atoms with Crippen molar-refractivity contribution in [1.82, 2.24) is 0 Å². The summed E-state index contributed by atoms with van der Waals surface area (Å²) in [5.41, 5.74) is 2.18. The van der Waals surface area contributed by atoms with Crippen molar-refractivity contribution in [2.24, 2.45) is 5.92 Å². The molecule has 0 aliphatic carbocycles. The molecule has 1 aromatic carbocycles. The monoisotopic (exact) mass is 294 g/mol. The molecule has 2 nitrogen and oxygen atoms in total. The molecule has 0 radical (unpaired) electrons. The number of hydrogen-bond donors (Lipinski definition) is 1. The standard InChI is InChI=1S/C15H22O2.2C2H6/c1-4-5-11(2)10-13-6-8-14(9-7-13)12(3)15(16)17;2*1-2/h6-9,11-12H,4-5,10H2,1-3H3,(H,16,17);2*1-2H3. The molecule has 2 unspecified atom stereocenters. The lowest BCUT2D eigenvalue weighted by molar-refractivity contribution is -0.138. The topological polar surface area (TPSA) is 37.3 Å². The van der Waals surface area contributed by atoms with Crippen LogP contribution in [0.1, 0.15) is 78.4 Å². The lowest BCUT2D eigenvalue weighted by atomic mass is 9.94. The molecule has 0 fully saturated rings. The zero-order valence-corrected chi connectivity index (χ0v) is 14.9. The maximum absolute atomic E-state index is 10.8. The molecule has 0 aliphatic rings. The fraction of sp³-hybridized carbons (Fsp3) is 0.632. The van der Waals surface area contributed by atoms with Crippen LogP contribution >= 0.6 is 0 Å². The molecule has 0 bridgehead atoms. The second-order valence-corrected chi connectivity index (χ2v) is 4.90. The van der Waals surface area contributed by atoms with Crippen LogP contribution in [0.25, 0.3) is 0 Å². The van der Waals surface area contributed by atoms with Gasteiger partial charge in [0.15, 0.2) is 0 Å². The summed E-state index contributed by atoms with van der Waals surface area (Å²) in [6.45, 7) is 14.2. The first kappa shape index (κ1) is 22.0. The summed E-state index contributed by atoms with van der Waals surface area (Å²) in [4.78, 5) is 10.8. The molecule has 0 aliphatic heterocycles. The van der Waals surface area contributed by atoms with E-state index in [2.05, 4.69) is 26.0 Å². The van der Waals surface area contributed by atoms with E-state index >= 15 is 0 Å². The average Bonchev–Trinajstić information content (AvgIpc) is 2.51. The third-order valence-electron chi connectivity index (χ3n) is 3.22. The molecular formula is C19H34O2. The smallest absolute Gasteiger partial charge is 0.310 e. The van der Waals surface area contributed by atoms with Gasteiger partial charge in [-0.2, -0.15) is 0 Å². The Balaban J connectivity index is 0. The molecule has 0 spiro atoms. The highest BCUT2D eigenvalue weighted by molar-refractivity contribution is 5.75. The SMILES string of the molecule is CC.CC.CCCC(C)Cc1ccc(C(C)C(=O)O)cc1. The molecule has 21 heavy (non-hydrogen) atoms. The molecule has 0 saturated carbocycles. The highest BCUT2D eigenvalue weighted by Crippen LogP contribution is 2.18. The third kappa shape index (κ3) is 9.28. The van der Waals surface area contributed by atoms with E-state index in [0.717, 1.165) is 12.0 Å². The predicted molar refractivity (Wildman–Crippen MR) is 93.0 cm³/mol. The predicted octanol–water partition coefficient (Wildman–Crippen LogP) is 5.91. The first-order valence-corrected chi connectivity index (χ1v) is 8.36. The Labute approximate surface area is 131 Å². The van der Waals surface area contributed by atoms with Crippen LogP contribution < -0.4 is 0 Å². The third-order valence-corrected chi connectivity index (χ3v) is 3.22. The van der Waals surface area contributed by atoms with Crippen molar-refractivity contribution in [3.05, 3.63) is 35.4 Å². The molecule has 0 aromatic heterocycles. The summed E-state index contributed by atoms with van der Waals surface area (Å²) in [7, 11) is 0. The Morgan fingerprint density at radius 1 is 1.05 bits per heavy atom. The summed E-state index contributed by atoms with van der Waals surface area (Å²) in [5, 5.41) is 8.92. The summed E-state index contributed by atoms with van der Waals surface area (Å²) >= 11 is 0. The number of aliphatic carboxylic acids is 1. The van der Waals surface area contributed by atoms with E-state index < -0.39 is 11.9 Å². The van der Waals surface area contributed by atoms with E-state index in [1.807, 2.05) is 39.8 Å². The molecule has 0 saturated heterocycles. The van der Waals surface area contributed by atoms with Crippen molar-refractivity contribution in [3.63, 3.8) is 0 Å². The van der Waals surface area contributed by atoms with E-state index in [4.69, 9.17) is 5.11 Å². The van der Waals surface area contributed by atoms with E-state index in [0.29, 0.717) is 5.92 Å². The summed E-state index contributed by atoms with van der Waals surface area (Å²) in [5.74, 6) is -0.489. The normalized spacial score (nSPS) is 12.1. The number of carboxylic acids is 1. The van der Waals surface area contributed by atoms with Gasteiger partial charge in [0.2, 0.25) is 0 Å². The molecule has 0 heterocycles. The molecular weight excluding hydrogens is 260 g/mol. The summed E-state index contributed by atoms with van der Waals surface area (Å²) in [6, 6.07) is 7.99. The maximum Gasteiger partial charge on any atom is 0.310 e. The lowest BCUT2D eigenvalue weighted by Gasteiger charge is -2.11. The van der Waals surface area contributed by atoms with Crippen molar-refractivity contribution in [2.45, 2.75) is 73.6 Å². The Morgan fingerprint density at radius 2 is 1.52 bits per heavy atom. The molecule has 0 amide bonds. The van der Waals surface area contributed by atoms with E-state index in [1.54, 1.807) is 6.92 Å². The van der Waals surface area contributed by atoms with Gasteiger partial charge in [-0.05, 0) is 30.4 Å². The fourth-order valence-electron chi connectivity index (χ4n) is 2.08. The Kier molecular flexibility index (Phi) is 14.3. The number of carbonyl (C=O) groups is 1. The van der Waals surface area contributed by atoms with Gasteiger partial charge in [-0.3, -0.25) is 4.79 Å². The van der Waals surface area contributed by atoms with Gasteiger partial charge in [0, 0.05) is 0 Å². The van der Waals surface area contributed by atoms with Gasteiger partial charge in [0.05, 0.1) is 5.92 Å². The van der Waals surface area contributed by atoms with Crippen molar-refractivity contribution in [1.29, 1.82) is 0 Å². The molecule has 1 N–H and O–H groups in total. The minimum Gasteiger partial charge on any atom is -0.481 e. The van der Waals surface area contributed by atoms with Gasteiger partial charge in [-0.1, -0.05) is 78.6 Å². The number of carboxylic acid groups (broad SMARTS) is 1. The highest BCUT2D eigenvalue weighted by Gasteiger charge is 2.13. The van der Waals surface area contributed by atoms with Gasteiger partial charge in [-0.15, -0.1) is 0 Å². The van der Waals surface area contributed by atoms with E-state index in [9.17, 15) is 4.79 Å². The number of benzene rings is 1. The van der Waals surface area contributed by atoms with E-state index in [-0.39, 0.29) is 0 Å². The van der Waals surface area contributed by atoms with Crippen LogP contribution in [0, 0.1) is 5.92 Å². The first-order chi connectivity index (χ1) is 10.0. The minimum absolute atomic E-state index is 0.419. The second-order valence-electron chi connectivity index (χ2n) is 4.90. The van der Waals surface area contributed by atoms with Crippen molar-refractivity contribution in [2.75, 3.05) is 0 Å². The van der Waals surface area contributed by atoms with Crippen LogP contribution in [0.4, 0.5) is 0 Å². The fourth-order valence-corrected chi connectivity index (χ4v) is 2.08. The van der Waals surface area contributed by atoms with Crippen LogP contribution in [0.2, 0.25) is 0 Å². The van der Waals surface area contributed by atoms with Crippen LogP contribution in [-0.2, 0) is 11.2 Å². The number of hydrogen-bond acceptors (Lipinski definition) is 1. The van der Waals surface area contributed by atoms with Crippen molar-refractivity contribution in [3.8, 4) is 0 Å². The van der Waals surface area contributed by atoms with Crippen molar-refractivity contribution < 1.29 is 9.90 Å². The van der Waals surface area contributed by atoms with Gasteiger partial charge in [-0.25, -0.2) is 0 Å². The Morgan fingerprint density at radius 3 is 1.90 bits per heavy atom. The number of rotatable bonds is 6. The lowest BCUT2D eigenvalue weighted by Crippen LogP contribution is -2.07. The zero-order chi connectivity index (χ0) is 16.8. The summed E-state index contributed by atoms with van der Waals surface area (Å²) in [6.07, 6.45) is 3.54. The van der Waals surface area contributed by atoms with Crippen LogP contribution in [0.15, 0.2) is 24.3 Å². The molecule has 122 valence electrons. The van der Waals surface area contributed by atoms with Gasteiger partial charge < -0.3 is 5.11 Å². The van der Waals surface area contributed by atoms with Crippen molar-refractivity contribution >= 4 is 5.97 Å². The van der Waals surface area contributed by atoms with Gasteiger partial charge in [0.25, 0.3) is 0 Å². The Hall–Kier alpha value is -1.31. The maximum atomic E-state index is 10.8. The van der Waals surface area contributed by atoms with Gasteiger partial charge >= 0.3 is 5.97 Å². The average molecular weight is 294 g/mol. The van der Waals surface area contributed by atoms with Crippen LogP contribution in [-0.4, -0.2) is 11.1 Å². The summed E-state index contributed by atoms with van der Waals surface area (Å²) < 4.78 is 0. The van der Waals surface area contributed by atoms with Crippen LogP contribution in [0.3, 0.4) is 0 Å². The molecule has 2 atom stereocenters. The minimum atomic E-state index is -0.767. The molecule has 1 rings (SSSR count). The first-order valence-electron chi connectivity index (χ1n) is 8.36.